The van der Waals surface area contributed by atoms with E-state index in [2.05, 4.69) is 45.5 Å². The molecule has 0 atom stereocenters. The number of hydrogen-bond donors (Lipinski definition) is 1. The number of halogens is 1. The fourth-order valence-electron chi connectivity index (χ4n) is 1.94. The molecule has 0 radical (unpaired) electrons. The lowest BCUT2D eigenvalue weighted by molar-refractivity contribution is 0.148. The third-order valence-electron chi connectivity index (χ3n) is 3.07. The summed E-state index contributed by atoms with van der Waals surface area (Å²) in [5, 5.41) is 0. The molecule has 0 saturated carbocycles. The van der Waals surface area contributed by atoms with E-state index in [1.807, 2.05) is 12.1 Å². The van der Waals surface area contributed by atoms with Crippen molar-refractivity contribution in [2.45, 2.75) is 6.54 Å². The Hall–Kier alpha value is -0.330. The number of piperazine rings is 1. The highest BCUT2D eigenvalue weighted by Gasteiger charge is 2.14. The first-order valence-electron chi connectivity index (χ1n) is 5.60. The number of rotatable bonds is 2. The SMILES string of the molecule is CN1CCN(Cc2ccc(N)cc2I)CC1. The molecule has 4 heteroatoms. The molecule has 1 aliphatic rings. The maximum absolute atomic E-state index is 5.75. The molecule has 0 bridgehead atoms. The maximum atomic E-state index is 5.75. The number of nitrogens with two attached hydrogens (primary N) is 1. The van der Waals surface area contributed by atoms with Crippen molar-refractivity contribution >= 4 is 28.3 Å². The average molecular weight is 331 g/mol. The predicted molar refractivity (Wildman–Crippen MR) is 76.3 cm³/mol. The first-order valence-corrected chi connectivity index (χ1v) is 6.68. The maximum Gasteiger partial charge on any atom is 0.0324 e. The normalized spacial score (nSPS) is 18.9. The van der Waals surface area contributed by atoms with Crippen LogP contribution in [0.25, 0.3) is 0 Å². The van der Waals surface area contributed by atoms with E-state index in [1.165, 1.54) is 22.2 Å². The third-order valence-corrected chi connectivity index (χ3v) is 4.07. The van der Waals surface area contributed by atoms with Crippen LogP contribution in [0.1, 0.15) is 5.56 Å². The van der Waals surface area contributed by atoms with Gasteiger partial charge in [-0.15, -0.1) is 0 Å². The second-order valence-corrected chi connectivity index (χ2v) is 5.59. The van der Waals surface area contributed by atoms with E-state index in [0.29, 0.717) is 0 Å². The first-order chi connectivity index (χ1) is 7.65. The zero-order valence-electron chi connectivity index (χ0n) is 9.62. The summed E-state index contributed by atoms with van der Waals surface area (Å²) in [4.78, 5) is 4.89. The lowest BCUT2D eigenvalue weighted by Gasteiger charge is -2.32. The molecule has 0 aliphatic carbocycles. The van der Waals surface area contributed by atoms with E-state index in [1.54, 1.807) is 0 Å². The van der Waals surface area contributed by atoms with Crippen molar-refractivity contribution in [2.24, 2.45) is 0 Å². The van der Waals surface area contributed by atoms with Gasteiger partial charge in [0.25, 0.3) is 0 Å². The minimum absolute atomic E-state index is 0.853. The summed E-state index contributed by atoms with van der Waals surface area (Å²) in [5.74, 6) is 0. The van der Waals surface area contributed by atoms with Crippen LogP contribution in [-0.4, -0.2) is 43.0 Å². The van der Waals surface area contributed by atoms with Gasteiger partial charge in [-0.2, -0.15) is 0 Å². The average Bonchev–Trinajstić information content (AvgIpc) is 2.25. The molecule has 1 aromatic rings. The van der Waals surface area contributed by atoms with Crippen molar-refractivity contribution in [1.82, 2.24) is 9.80 Å². The molecule has 2 rings (SSSR count). The van der Waals surface area contributed by atoms with Gasteiger partial charge in [-0.05, 0) is 47.3 Å². The van der Waals surface area contributed by atoms with Crippen LogP contribution in [0.5, 0.6) is 0 Å². The summed E-state index contributed by atoms with van der Waals surface area (Å²) < 4.78 is 1.27. The monoisotopic (exact) mass is 331 g/mol. The molecule has 0 amide bonds. The van der Waals surface area contributed by atoms with Crippen molar-refractivity contribution in [3.05, 3.63) is 27.3 Å². The van der Waals surface area contributed by atoms with Gasteiger partial charge in [0.2, 0.25) is 0 Å². The molecule has 88 valence electrons. The summed E-state index contributed by atoms with van der Waals surface area (Å²) in [5.41, 5.74) is 8.00. The fraction of sp³-hybridized carbons (Fsp3) is 0.500. The Morgan fingerprint density at radius 3 is 2.56 bits per heavy atom. The van der Waals surface area contributed by atoms with Gasteiger partial charge in [-0.25, -0.2) is 0 Å². The smallest absolute Gasteiger partial charge is 0.0324 e. The Balaban J connectivity index is 1.98. The van der Waals surface area contributed by atoms with Crippen LogP contribution >= 0.6 is 22.6 Å². The first kappa shape index (κ1) is 12.1. The van der Waals surface area contributed by atoms with E-state index >= 15 is 0 Å². The number of nitrogens with zero attached hydrogens (tertiary/aromatic N) is 2. The Morgan fingerprint density at radius 2 is 1.94 bits per heavy atom. The highest BCUT2D eigenvalue weighted by Crippen LogP contribution is 2.18. The number of likely N-dealkylation sites (N-methyl/N-ethyl adjacent to an activating group) is 1. The van der Waals surface area contributed by atoms with E-state index in [9.17, 15) is 0 Å². The minimum atomic E-state index is 0.853. The van der Waals surface area contributed by atoms with Crippen LogP contribution in [-0.2, 0) is 6.54 Å². The number of hydrogen-bond acceptors (Lipinski definition) is 3. The van der Waals surface area contributed by atoms with Crippen LogP contribution in [0, 0.1) is 3.57 Å². The highest BCUT2D eigenvalue weighted by atomic mass is 127. The Morgan fingerprint density at radius 1 is 1.25 bits per heavy atom. The Kier molecular flexibility index (Phi) is 4.05. The number of anilines is 1. The molecule has 1 aromatic carbocycles. The molecule has 1 fully saturated rings. The van der Waals surface area contributed by atoms with Crippen LogP contribution in [0.2, 0.25) is 0 Å². The largest absolute Gasteiger partial charge is 0.399 e. The quantitative estimate of drug-likeness (QED) is 0.660. The summed E-state index contributed by atoms with van der Waals surface area (Å²) in [6.45, 7) is 5.72. The summed E-state index contributed by atoms with van der Waals surface area (Å²) >= 11 is 2.37. The molecule has 2 N–H and O–H groups in total. The topological polar surface area (TPSA) is 32.5 Å². The van der Waals surface area contributed by atoms with Crippen molar-refractivity contribution in [3.63, 3.8) is 0 Å². The molecule has 1 aliphatic heterocycles. The second-order valence-electron chi connectivity index (χ2n) is 4.43. The molecule has 0 unspecified atom stereocenters. The van der Waals surface area contributed by atoms with Crippen molar-refractivity contribution in [1.29, 1.82) is 0 Å². The standard InChI is InChI=1S/C12H18IN3/c1-15-4-6-16(7-5-15)9-10-2-3-11(14)8-12(10)13/h2-3,8H,4-7,9,14H2,1H3. The van der Waals surface area contributed by atoms with Crippen molar-refractivity contribution in [3.8, 4) is 0 Å². The van der Waals surface area contributed by atoms with E-state index in [0.717, 1.165) is 25.3 Å². The van der Waals surface area contributed by atoms with Gasteiger partial charge >= 0.3 is 0 Å². The summed E-state index contributed by atoms with van der Waals surface area (Å²) in [6.07, 6.45) is 0. The lowest BCUT2D eigenvalue weighted by atomic mass is 10.2. The number of benzene rings is 1. The van der Waals surface area contributed by atoms with Crippen LogP contribution < -0.4 is 5.73 Å². The third kappa shape index (κ3) is 3.09. The molecule has 1 saturated heterocycles. The van der Waals surface area contributed by atoms with Gasteiger partial charge in [0.15, 0.2) is 0 Å². The van der Waals surface area contributed by atoms with Gasteiger partial charge in [-0.1, -0.05) is 6.07 Å². The zero-order valence-corrected chi connectivity index (χ0v) is 11.8. The minimum Gasteiger partial charge on any atom is -0.399 e. The van der Waals surface area contributed by atoms with Gasteiger partial charge in [0.05, 0.1) is 0 Å². The van der Waals surface area contributed by atoms with E-state index in [4.69, 9.17) is 5.73 Å². The van der Waals surface area contributed by atoms with Gasteiger partial charge in [0.1, 0.15) is 0 Å². The summed E-state index contributed by atoms with van der Waals surface area (Å²) in [6, 6.07) is 6.19. The summed E-state index contributed by atoms with van der Waals surface area (Å²) in [7, 11) is 2.18. The second kappa shape index (κ2) is 5.33. The molecular weight excluding hydrogens is 313 g/mol. The van der Waals surface area contributed by atoms with Crippen LogP contribution in [0.3, 0.4) is 0 Å². The molecular formula is C12H18IN3. The molecule has 3 nitrogen and oxygen atoms in total. The van der Waals surface area contributed by atoms with Crippen LogP contribution in [0.15, 0.2) is 18.2 Å². The Bertz CT molecular complexity index is 359. The molecule has 16 heavy (non-hydrogen) atoms. The molecule has 0 spiro atoms. The van der Waals surface area contributed by atoms with Gasteiger partial charge < -0.3 is 10.6 Å². The molecule has 1 heterocycles. The fourth-order valence-corrected chi connectivity index (χ4v) is 2.65. The van der Waals surface area contributed by atoms with Crippen LogP contribution in [0.4, 0.5) is 5.69 Å². The van der Waals surface area contributed by atoms with Crippen molar-refractivity contribution in [2.75, 3.05) is 39.0 Å². The van der Waals surface area contributed by atoms with Gasteiger partial charge in [0, 0.05) is 42.0 Å². The van der Waals surface area contributed by atoms with E-state index < -0.39 is 0 Å². The van der Waals surface area contributed by atoms with Gasteiger partial charge in [-0.3, -0.25) is 4.90 Å². The Labute approximate surface area is 111 Å². The predicted octanol–water partition coefficient (Wildman–Crippen LogP) is 1.62. The lowest BCUT2D eigenvalue weighted by Crippen LogP contribution is -2.43. The zero-order chi connectivity index (χ0) is 11.5. The number of nitrogen functional groups attached to an aromatic ring is 1. The van der Waals surface area contributed by atoms with E-state index in [-0.39, 0.29) is 0 Å². The highest BCUT2D eigenvalue weighted by molar-refractivity contribution is 14.1. The molecule has 0 aromatic heterocycles. The van der Waals surface area contributed by atoms with Crippen molar-refractivity contribution < 1.29 is 0 Å².